The molecule has 0 amide bonds. The molecule has 7 heavy (non-hydrogen) atoms. The summed E-state index contributed by atoms with van der Waals surface area (Å²) in [6.45, 7) is 3.03. The number of Topliss-reactive ketones (excluding diaryl/α,β-unsaturated/α-hetero) is 1. The maximum Gasteiger partial charge on any atom is 0.188 e. The topological polar surface area (TPSA) is 37.3 Å². The second kappa shape index (κ2) is 2.45. The summed E-state index contributed by atoms with van der Waals surface area (Å²) in [6, 6.07) is 0. The van der Waals surface area contributed by atoms with Crippen LogP contribution in [0.3, 0.4) is 0 Å². The molecule has 0 saturated carbocycles. The number of aliphatic hydroxyl groups is 1. The maximum absolute atomic E-state index is 10.2. The van der Waals surface area contributed by atoms with Crippen LogP contribution in [0.1, 0.15) is 0 Å². The molecular formula is C4H7BO2. The third-order valence-corrected chi connectivity index (χ3v) is 0.643. The van der Waals surface area contributed by atoms with Crippen molar-refractivity contribution >= 4 is 13.6 Å². The highest BCUT2D eigenvalue weighted by Gasteiger charge is 1.97. The average Bonchev–Trinajstić information content (AvgIpc) is 1.65. The largest absolute Gasteiger partial charge is 0.505 e. The molecule has 1 N–H and O–H groups in total. The summed E-state index contributed by atoms with van der Waals surface area (Å²) in [5, 5.41) is 8.28. The van der Waals surface area contributed by atoms with E-state index in [9.17, 15) is 4.79 Å². The molecule has 0 atom stereocenters. The van der Waals surface area contributed by atoms with Gasteiger partial charge in [-0.2, -0.15) is 0 Å². The number of hydrogen-bond acceptors (Lipinski definition) is 2. The van der Waals surface area contributed by atoms with Gasteiger partial charge in [0.2, 0.25) is 0 Å². The van der Waals surface area contributed by atoms with E-state index in [1.807, 2.05) is 0 Å². The van der Waals surface area contributed by atoms with Crippen molar-refractivity contribution in [2.45, 2.75) is 6.32 Å². The van der Waals surface area contributed by atoms with Crippen LogP contribution in [0.4, 0.5) is 0 Å². The molecule has 38 valence electrons. The molecule has 2 nitrogen and oxygen atoms in total. The van der Waals surface area contributed by atoms with Gasteiger partial charge in [-0.1, -0.05) is 6.58 Å². The van der Waals surface area contributed by atoms with Crippen molar-refractivity contribution in [1.29, 1.82) is 0 Å². The highest BCUT2D eigenvalue weighted by molar-refractivity contribution is 6.23. The fraction of sp³-hybridized carbons (Fsp3) is 0.250. The van der Waals surface area contributed by atoms with E-state index in [4.69, 9.17) is 5.11 Å². The quantitative estimate of drug-likeness (QED) is 0.292. The molecule has 0 aliphatic heterocycles. The Morgan fingerprint density at radius 2 is 2.29 bits per heavy atom. The van der Waals surface area contributed by atoms with Crippen molar-refractivity contribution in [3.63, 3.8) is 0 Å². The number of ketones is 1. The van der Waals surface area contributed by atoms with E-state index in [1.165, 1.54) is 0 Å². The summed E-state index contributed by atoms with van der Waals surface area (Å²) in [7, 11) is 1.67. The lowest BCUT2D eigenvalue weighted by Crippen LogP contribution is -1.97. The molecule has 0 unspecified atom stereocenters. The first-order valence-corrected chi connectivity index (χ1v) is 2.09. The SMILES string of the molecule is BCC(=O)C(=C)O. The molecule has 0 spiro atoms. The second-order valence-corrected chi connectivity index (χ2v) is 1.22. The van der Waals surface area contributed by atoms with Crippen molar-refractivity contribution in [2.75, 3.05) is 0 Å². The minimum absolute atomic E-state index is 0.292. The number of carbonyl (C=O) groups is 1. The summed E-state index contributed by atoms with van der Waals surface area (Å²) in [4.78, 5) is 10.2. The molecule has 0 bridgehead atoms. The zero-order valence-corrected chi connectivity index (χ0v) is 4.27. The molecule has 0 aliphatic carbocycles. The van der Waals surface area contributed by atoms with Crippen LogP contribution in [0.15, 0.2) is 12.3 Å². The normalized spacial score (nSPS) is 8.00. The number of hydrogen-bond donors (Lipinski definition) is 1. The first-order chi connectivity index (χ1) is 3.18. The molecule has 3 heteroatoms. The first kappa shape index (κ1) is 6.27. The van der Waals surface area contributed by atoms with Crippen molar-refractivity contribution in [1.82, 2.24) is 0 Å². The van der Waals surface area contributed by atoms with Crippen LogP contribution in [-0.2, 0) is 4.79 Å². The van der Waals surface area contributed by atoms with Crippen LogP contribution >= 0.6 is 0 Å². The molecule has 0 aromatic carbocycles. The van der Waals surface area contributed by atoms with Crippen molar-refractivity contribution < 1.29 is 9.90 Å². The molecule has 0 aliphatic rings. The Balaban J connectivity index is 3.58. The van der Waals surface area contributed by atoms with Crippen molar-refractivity contribution in [2.24, 2.45) is 0 Å². The zero-order chi connectivity index (χ0) is 5.86. The minimum atomic E-state index is -0.345. The van der Waals surface area contributed by atoms with Gasteiger partial charge in [0, 0.05) is 0 Å². The average molecular weight is 97.9 g/mol. The van der Waals surface area contributed by atoms with Crippen LogP contribution in [-0.4, -0.2) is 18.7 Å². The molecule has 0 rings (SSSR count). The Morgan fingerprint density at radius 3 is 2.29 bits per heavy atom. The fourth-order valence-electron chi connectivity index (χ4n) is 0.204. The van der Waals surface area contributed by atoms with E-state index in [1.54, 1.807) is 7.85 Å². The van der Waals surface area contributed by atoms with E-state index in [2.05, 4.69) is 6.58 Å². The lowest BCUT2D eigenvalue weighted by atomic mass is 10.0. The molecule has 0 heterocycles. The molecule has 0 radical (unpaired) electrons. The molecule has 0 fully saturated rings. The Bertz CT molecular complexity index is 97.9. The third kappa shape index (κ3) is 2.03. The van der Waals surface area contributed by atoms with Gasteiger partial charge in [0.25, 0.3) is 0 Å². The monoisotopic (exact) mass is 98.1 g/mol. The van der Waals surface area contributed by atoms with Gasteiger partial charge in [-0.05, 0) is 6.32 Å². The number of allylic oxidation sites excluding steroid dienone is 1. The van der Waals surface area contributed by atoms with Crippen molar-refractivity contribution in [3.8, 4) is 0 Å². The summed E-state index contributed by atoms with van der Waals surface area (Å²) < 4.78 is 0. The smallest absolute Gasteiger partial charge is 0.188 e. The summed E-state index contributed by atoms with van der Waals surface area (Å²) in [5.41, 5.74) is 0. The van der Waals surface area contributed by atoms with E-state index < -0.39 is 0 Å². The first-order valence-electron chi connectivity index (χ1n) is 2.09. The van der Waals surface area contributed by atoms with Crippen LogP contribution in [0.25, 0.3) is 0 Å². The summed E-state index contributed by atoms with van der Waals surface area (Å²) in [5.74, 6) is -0.637. The zero-order valence-electron chi connectivity index (χ0n) is 4.27. The highest BCUT2D eigenvalue weighted by Crippen LogP contribution is 1.86. The lowest BCUT2D eigenvalue weighted by Gasteiger charge is -1.87. The lowest BCUT2D eigenvalue weighted by molar-refractivity contribution is -0.115. The van der Waals surface area contributed by atoms with Gasteiger partial charge >= 0.3 is 0 Å². The van der Waals surface area contributed by atoms with E-state index in [-0.39, 0.29) is 11.5 Å². The fourth-order valence-corrected chi connectivity index (χ4v) is 0.204. The number of aliphatic hydroxyl groups excluding tert-OH is 1. The van der Waals surface area contributed by atoms with Crippen molar-refractivity contribution in [3.05, 3.63) is 12.3 Å². The van der Waals surface area contributed by atoms with Crippen LogP contribution in [0, 0.1) is 0 Å². The second-order valence-electron chi connectivity index (χ2n) is 1.22. The van der Waals surface area contributed by atoms with Gasteiger partial charge in [0.15, 0.2) is 11.5 Å². The van der Waals surface area contributed by atoms with E-state index in [0.29, 0.717) is 6.32 Å². The van der Waals surface area contributed by atoms with Gasteiger partial charge in [-0.3, -0.25) is 4.79 Å². The van der Waals surface area contributed by atoms with Crippen LogP contribution in [0.2, 0.25) is 6.32 Å². The van der Waals surface area contributed by atoms with E-state index in [0.717, 1.165) is 0 Å². The molecule has 0 aromatic rings. The standard InChI is InChI=1S/C4H7BO2/c1-3(6)4(7)2-5/h6H,1-2,5H2. The maximum atomic E-state index is 10.2. The molecule has 0 aromatic heterocycles. The minimum Gasteiger partial charge on any atom is -0.505 e. The Morgan fingerprint density at radius 1 is 1.86 bits per heavy atom. The molecule has 0 saturated heterocycles. The predicted octanol–water partition coefficient (Wildman–Crippen LogP) is -0.321. The highest BCUT2D eigenvalue weighted by atomic mass is 16.3. The van der Waals surface area contributed by atoms with Crippen LogP contribution < -0.4 is 0 Å². The summed E-state index contributed by atoms with van der Waals surface area (Å²) in [6.07, 6.45) is 0.329. The summed E-state index contributed by atoms with van der Waals surface area (Å²) >= 11 is 0. The van der Waals surface area contributed by atoms with Gasteiger partial charge in [-0.25, -0.2) is 0 Å². The van der Waals surface area contributed by atoms with Gasteiger partial charge in [-0.15, -0.1) is 0 Å². The Kier molecular flexibility index (Phi) is 2.19. The Labute approximate surface area is 43.3 Å². The molecular weight excluding hydrogens is 90.9 g/mol. The van der Waals surface area contributed by atoms with Gasteiger partial charge in [0.1, 0.15) is 7.85 Å². The number of carbonyl (C=O) groups excluding carboxylic acids is 1. The van der Waals surface area contributed by atoms with E-state index >= 15 is 0 Å². The predicted molar refractivity (Wildman–Crippen MR) is 30.1 cm³/mol. The third-order valence-electron chi connectivity index (χ3n) is 0.643. The Hall–Kier alpha value is -0.725. The van der Waals surface area contributed by atoms with Crippen LogP contribution in [0.5, 0.6) is 0 Å². The number of rotatable bonds is 2. The van der Waals surface area contributed by atoms with Gasteiger partial charge in [0.05, 0.1) is 0 Å². The van der Waals surface area contributed by atoms with Gasteiger partial charge < -0.3 is 5.11 Å².